The van der Waals surface area contributed by atoms with E-state index in [1.165, 1.54) is 44.6 Å². The van der Waals surface area contributed by atoms with Crippen molar-refractivity contribution in [1.82, 2.24) is 4.98 Å². The number of aliphatic hydroxyl groups is 1. The number of benzene rings is 4. The van der Waals surface area contributed by atoms with Crippen molar-refractivity contribution < 1.29 is 30.0 Å². The fourth-order valence-electron chi connectivity index (χ4n) is 6.66. The second-order valence-electron chi connectivity index (χ2n) is 12.7. The van der Waals surface area contributed by atoms with Gasteiger partial charge in [-0.05, 0) is 90.0 Å². The molecular weight excluding hydrogens is 757 g/mol. The number of anilines is 3. The smallest absolute Gasteiger partial charge is 0.162 e. The van der Waals surface area contributed by atoms with Crippen LogP contribution in [0, 0.1) is 23.8 Å². The number of hydrogen-bond donors (Lipinski definition) is 1. The summed E-state index contributed by atoms with van der Waals surface area (Å²) in [7, 11) is 0. The Bertz CT molecular complexity index is 1840. The third-order valence-electron chi connectivity index (χ3n) is 9.17. The molecule has 1 N–H and O–H groups in total. The normalized spacial score (nSPS) is 12.3. The summed E-state index contributed by atoms with van der Waals surface area (Å²) in [5.74, 6) is 1.15. The van der Waals surface area contributed by atoms with E-state index in [2.05, 4.69) is 104 Å². The average Bonchev–Trinajstić information content (AvgIpc) is 3.06. The molecule has 0 unspecified atom stereocenters. The Hall–Kier alpha value is -3.79. The van der Waals surface area contributed by atoms with Crippen LogP contribution in [0.3, 0.4) is 0 Å². The monoisotopic (exact) mass is 804 g/mol. The van der Waals surface area contributed by atoms with Crippen molar-refractivity contribution in [2.45, 2.75) is 73.6 Å². The molecule has 0 spiro atoms. The van der Waals surface area contributed by atoms with Crippen molar-refractivity contribution in [2.75, 3.05) is 4.90 Å². The van der Waals surface area contributed by atoms with Crippen LogP contribution >= 0.6 is 0 Å². The Morgan fingerprint density at radius 3 is 2.19 bits per heavy atom. The molecule has 2 heterocycles. The molecule has 0 bridgehead atoms. The third-order valence-corrected chi connectivity index (χ3v) is 9.17. The molecule has 1 aromatic heterocycles. The molecule has 1 aliphatic heterocycles. The number of nitrogens with zero attached hydrogens (tertiary/aromatic N) is 2. The minimum Gasteiger partial charge on any atom is -0.512 e. The topological polar surface area (TPSA) is 53.4 Å². The predicted molar refractivity (Wildman–Crippen MR) is 194 cm³/mol. The van der Waals surface area contributed by atoms with Gasteiger partial charge >= 0.3 is 0 Å². The van der Waals surface area contributed by atoms with Crippen LogP contribution in [0.15, 0.2) is 96.9 Å². The van der Waals surface area contributed by atoms with E-state index in [0.717, 1.165) is 49.0 Å². The Balaban J connectivity index is 0.000000269. The number of allylic oxidation sites excluding steroid dienone is 2. The molecule has 0 aliphatic carbocycles. The molecular formula is C42H47IrN2O2-. The van der Waals surface area contributed by atoms with Gasteiger partial charge in [-0.15, -0.1) is 17.7 Å². The Morgan fingerprint density at radius 1 is 0.872 bits per heavy atom. The summed E-state index contributed by atoms with van der Waals surface area (Å²) in [4.78, 5) is 19.0. The summed E-state index contributed by atoms with van der Waals surface area (Å²) in [6.45, 7) is 12.6. The van der Waals surface area contributed by atoms with Gasteiger partial charge in [0.15, 0.2) is 5.78 Å². The SMILES string of the molecule is CC(C)Cc1cc2c3c(nccc3c1)-c1[c-]cc3ccccc3c1N2c1ccccc1.CCC(CC)C(=O)/C=C(\O)C(CC)CC.[Ir]. The molecule has 247 valence electrons. The number of aromatic nitrogens is 1. The quantitative estimate of drug-likeness (QED) is 0.0851. The van der Waals surface area contributed by atoms with E-state index in [1.54, 1.807) is 0 Å². The van der Waals surface area contributed by atoms with Gasteiger partial charge in [-0.1, -0.05) is 101 Å². The molecule has 1 radical (unpaired) electrons. The fraction of sp³-hybridized carbons (Fsp3) is 0.333. The van der Waals surface area contributed by atoms with Gasteiger partial charge in [0.2, 0.25) is 0 Å². The molecule has 5 aromatic rings. The molecule has 1 aliphatic rings. The third kappa shape index (κ3) is 7.69. The largest absolute Gasteiger partial charge is 0.512 e. The number of para-hydroxylation sites is 1. The summed E-state index contributed by atoms with van der Waals surface area (Å²) in [5.41, 5.74) is 6.99. The van der Waals surface area contributed by atoms with Gasteiger partial charge in [-0.3, -0.25) is 4.79 Å². The number of aliphatic hydroxyl groups excluding tert-OH is 1. The van der Waals surface area contributed by atoms with Crippen molar-refractivity contribution in [2.24, 2.45) is 17.8 Å². The van der Waals surface area contributed by atoms with Crippen LogP contribution in [-0.2, 0) is 31.3 Å². The molecule has 0 amide bonds. The summed E-state index contributed by atoms with van der Waals surface area (Å²) >= 11 is 0. The van der Waals surface area contributed by atoms with E-state index in [1.807, 2.05) is 33.9 Å². The van der Waals surface area contributed by atoms with E-state index in [9.17, 15) is 9.90 Å². The molecule has 0 saturated carbocycles. The van der Waals surface area contributed by atoms with Gasteiger partial charge < -0.3 is 15.0 Å². The number of fused-ring (bicyclic) bond motifs is 4. The summed E-state index contributed by atoms with van der Waals surface area (Å²) < 4.78 is 0. The number of rotatable bonds is 10. The van der Waals surface area contributed by atoms with Gasteiger partial charge in [-0.25, -0.2) is 0 Å². The van der Waals surface area contributed by atoms with Crippen LogP contribution in [0.4, 0.5) is 17.1 Å². The first-order valence-corrected chi connectivity index (χ1v) is 17.0. The molecule has 0 saturated heterocycles. The fourth-order valence-corrected chi connectivity index (χ4v) is 6.66. The predicted octanol–water partition coefficient (Wildman–Crippen LogP) is 11.7. The zero-order chi connectivity index (χ0) is 32.8. The van der Waals surface area contributed by atoms with E-state index in [-0.39, 0.29) is 43.5 Å². The summed E-state index contributed by atoms with van der Waals surface area (Å²) in [6, 6.07) is 31.8. The second-order valence-corrected chi connectivity index (χ2v) is 12.7. The van der Waals surface area contributed by atoms with Crippen LogP contribution in [-0.4, -0.2) is 15.9 Å². The Labute approximate surface area is 294 Å². The van der Waals surface area contributed by atoms with E-state index in [4.69, 9.17) is 4.98 Å². The van der Waals surface area contributed by atoms with Crippen molar-refractivity contribution >= 4 is 44.4 Å². The van der Waals surface area contributed by atoms with Crippen LogP contribution in [0.2, 0.25) is 0 Å². The standard InChI is InChI=1S/C29H23N2.C13H24O2.Ir/c1-19(2)16-20-17-22-14-15-30-28-25-13-12-21-8-6-7-11-24(21)29(25)31(26(18-20)27(22)28)23-9-4-3-5-10-23;1-5-10(6-2)12(14)9-13(15)11(7-3)8-4;/h3-12,14-15,17-19H,16H2,1-2H3;9-11,14H,5-8H2,1-4H3;/q-1;;/b;12-9-;. The van der Waals surface area contributed by atoms with Crippen molar-refractivity contribution in [3.63, 3.8) is 0 Å². The molecule has 4 aromatic carbocycles. The molecule has 0 fully saturated rings. The zero-order valence-electron chi connectivity index (χ0n) is 28.5. The maximum absolute atomic E-state index is 11.7. The molecule has 47 heavy (non-hydrogen) atoms. The number of carbonyl (C=O) groups excluding carboxylic acids is 1. The second kappa shape index (κ2) is 16.4. The van der Waals surface area contributed by atoms with Crippen LogP contribution in [0.5, 0.6) is 0 Å². The van der Waals surface area contributed by atoms with Crippen LogP contribution in [0.1, 0.15) is 72.8 Å². The van der Waals surface area contributed by atoms with Gasteiger partial charge in [0.05, 0.1) is 5.76 Å². The summed E-state index contributed by atoms with van der Waals surface area (Å²) in [6.07, 6.45) is 7.90. The first-order chi connectivity index (χ1) is 22.3. The minimum absolute atomic E-state index is 0. The number of pyridine rings is 1. The Kier molecular flexibility index (Phi) is 12.5. The molecule has 4 nitrogen and oxygen atoms in total. The van der Waals surface area contributed by atoms with Crippen molar-refractivity contribution in [3.8, 4) is 11.3 Å². The van der Waals surface area contributed by atoms with Crippen molar-refractivity contribution in [1.29, 1.82) is 0 Å². The maximum atomic E-state index is 11.7. The van der Waals surface area contributed by atoms with E-state index < -0.39 is 0 Å². The Morgan fingerprint density at radius 2 is 1.53 bits per heavy atom. The number of carbonyl (C=O) groups is 1. The van der Waals surface area contributed by atoms with Gasteiger partial charge in [0.1, 0.15) is 0 Å². The van der Waals surface area contributed by atoms with Gasteiger partial charge in [0.25, 0.3) is 0 Å². The summed E-state index contributed by atoms with van der Waals surface area (Å²) in [5, 5.41) is 14.6. The van der Waals surface area contributed by atoms with Crippen LogP contribution in [0.25, 0.3) is 32.8 Å². The van der Waals surface area contributed by atoms with Crippen molar-refractivity contribution in [3.05, 3.63) is 109 Å². The molecule has 5 heteroatoms. The average molecular weight is 804 g/mol. The van der Waals surface area contributed by atoms with E-state index in [0.29, 0.717) is 5.92 Å². The number of ketones is 1. The molecule has 6 rings (SSSR count). The van der Waals surface area contributed by atoms with Gasteiger partial charge in [-0.2, -0.15) is 0 Å². The zero-order valence-corrected chi connectivity index (χ0v) is 30.9. The number of hydrogen-bond acceptors (Lipinski definition) is 4. The van der Waals surface area contributed by atoms with E-state index >= 15 is 0 Å². The minimum atomic E-state index is 0. The first kappa shape index (κ1) is 36.1. The maximum Gasteiger partial charge on any atom is 0.162 e. The first-order valence-electron chi connectivity index (χ1n) is 17.0. The molecule has 0 atom stereocenters. The van der Waals surface area contributed by atoms with Crippen LogP contribution < -0.4 is 4.90 Å². The van der Waals surface area contributed by atoms with Gasteiger partial charge in [0, 0.05) is 55.6 Å².